The van der Waals surface area contributed by atoms with Crippen molar-refractivity contribution in [2.24, 2.45) is 0 Å². The normalized spacial score (nSPS) is 17.1. The van der Waals surface area contributed by atoms with Crippen LogP contribution in [0.4, 0.5) is 0 Å². The van der Waals surface area contributed by atoms with Gasteiger partial charge in [-0.05, 0) is 101 Å². The van der Waals surface area contributed by atoms with Gasteiger partial charge in [-0.15, -0.1) is 0 Å². The van der Waals surface area contributed by atoms with Crippen LogP contribution in [-0.4, -0.2) is 86.4 Å². The first-order valence-electron chi connectivity index (χ1n) is 24.2. The second kappa shape index (κ2) is 27.3. The van der Waals surface area contributed by atoms with Gasteiger partial charge in [0.05, 0.1) is 22.8 Å². The second-order valence-electron chi connectivity index (χ2n) is 17.7. The minimum atomic E-state index is -0.828. The Kier molecular flexibility index (Phi) is 20.2. The van der Waals surface area contributed by atoms with E-state index in [0.717, 1.165) is 22.8 Å². The van der Waals surface area contributed by atoms with Crippen LogP contribution in [-0.2, 0) is 65.1 Å². The van der Waals surface area contributed by atoms with Crippen LogP contribution in [0.15, 0.2) is 140 Å². The van der Waals surface area contributed by atoms with Gasteiger partial charge < -0.3 is 38.9 Å². The fourth-order valence-electron chi connectivity index (χ4n) is 8.28. The average Bonchev–Trinajstić information content (AvgIpc) is 4.27. The van der Waals surface area contributed by atoms with E-state index in [1.165, 1.54) is 25.1 Å². The molecule has 380 valence electrons. The predicted molar refractivity (Wildman–Crippen MR) is 262 cm³/mol. The first-order valence-corrected chi connectivity index (χ1v) is 24.2. The van der Waals surface area contributed by atoms with E-state index in [0.29, 0.717) is 65.0 Å². The topological polar surface area (TPSA) is 279 Å². The molecule has 8 aromatic rings. The minimum Gasteiger partial charge on any atom is -0.446 e. The summed E-state index contributed by atoms with van der Waals surface area (Å²) in [6.07, 6.45) is 13.5. The Morgan fingerprint density at radius 1 is 0.421 bits per heavy atom. The zero-order valence-corrected chi connectivity index (χ0v) is 48.0. The molecule has 0 radical (unpaired) electrons. The molecule has 1 aliphatic heterocycles. The Labute approximate surface area is 462 Å². The van der Waals surface area contributed by atoms with Crippen molar-refractivity contribution in [3.05, 3.63) is 192 Å². The predicted octanol–water partition coefficient (Wildman–Crippen LogP) is 6.42. The Bertz CT molecular complexity index is 2820. The van der Waals surface area contributed by atoms with E-state index in [9.17, 15) is 19.2 Å². The number of amides is 4. The first kappa shape index (κ1) is 56.2. The van der Waals surface area contributed by atoms with Crippen molar-refractivity contribution in [1.29, 1.82) is 0 Å². The number of aromatic nitrogens is 8. The summed E-state index contributed by atoms with van der Waals surface area (Å²) in [5, 5.41) is 11.5. The summed E-state index contributed by atoms with van der Waals surface area (Å²) in [5.41, 5.74) is 3.23. The van der Waals surface area contributed by atoms with E-state index in [2.05, 4.69) is 70.9 Å². The molecule has 9 heterocycles. The summed E-state index contributed by atoms with van der Waals surface area (Å²) in [6.45, 7) is 6.59. The molecule has 8 bridgehead atoms. The van der Waals surface area contributed by atoms with Gasteiger partial charge in [-0.1, -0.05) is 24.3 Å². The van der Waals surface area contributed by atoms with Gasteiger partial charge in [-0.2, -0.15) is 0 Å². The van der Waals surface area contributed by atoms with Gasteiger partial charge in [0.15, 0.2) is 22.8 Å². The number of carbonyl (C=O) groups is 4. The second-order valence-corrected chi connectivity index (χ2v) is 17.7. The van der Waals surface area contributed by atoms with Crippen LogP contribution in [0.1, 0.15) is 152 Å². The fourth-order valence-corrected chi connectivity index (χ4v) is 8.28. The van der Waals surface area contributed by atoms with Crippen LogP contribution < -0.4 is 21.3 Å². The molecule has 0 aromatic carbocycles. The maximum absolute atomic E-state index is 13.9. The number of nitrogens with zero attached hydrogens (tertiary/aromatic N) is 10. The molecular formula is C52H54N14O8Zn2+4. The van der Waals surface area contributed by atoms with Crippen molar-refractivity contribution in [2.75, 3.05) is 13.1 Å². The number of oxazole rings is 4. The molecule has 1 aliphatic rings. The molecule has 76 heavy (non-hydrogen) atoms. The zero-order valence-electron chi connectivity index (χ0n) is 42.1. The fraction of sp³-hybridized carbons (Fsp3) is 0.308. The summed E-state index contributed by atoms with van der Waals surface area (Å²) in [6, 6.07) is 19.7. The van der Waals surface area contributed by atoms with E-state index in [-0.39, 0.29) is 85.3 Å². The molecule has 22 nitrogen and oxygen atoms in total. The number of hydrogen-bond acceptors (Lipinski definition) is 18. The summed E-state index contributed by atoms with van der Waals surface area (Å²) in [5.74, 6) is -2.24. The third-order valence-electron chi connectivity index (χ3n) is 12.0. The Hall–Kier alpha value is -7.51. The number of pyridine rings is 4. The molecule has 0 aliphatic carbocycles. The summed E-state index contributed by atoms with van der Waals surface area (Å²) in [4.78, 5) is 95.5. The van der Waals surface area contributed by atoms with E-state index < -0.39 is 47.8 Å². The number of carbonyl (C=O) groups excluding carboxylic acids is 4. The summed E-state index contributed by atoms with van der Waals surface area (Å²) in [7, 11) is 0. The van der Waals surface area contributed by atoms with E-state index in [1.807, 2.05) is 72.8 Å². The molecule has 24 heteroatoms. The number of hydrogen-bond donors (Lipinski definition) is 4. The van der Waals surface area contributed by atoms with Gasteiger partial charge in [0.2, 0.25) is 23.6 Å². The van der Waals surface area contributed by atoms with Crippen LogP contribution in [0.5, 0.6) is 0 Å². The molecule has 0 fully saturated rings. The molecule has 0 saturated heterocycles. The first-order chi connectivity index (χ1) is 36.1. The van der Waals surface area contributed by atoms with Crippen LogP contribution >= 0.6 is 0 Å². The quantitative estimate of drug-likeness (QED) is 0.0760. The van der Waals surface area contributed by atoms with E-state index >= 15 is 0 Å². The largest absolute Gasteiger partial charge is 2.00 e. The zero-order chi connectivity index (χ0) is 51.2. The minimum absolute atomic E-state index is 0. The third kappa shape index (κ3) is 15.3. The molecule has 0 spiro atoms. The van der Waals surface area contributed by atoms with E-state index in [1.54, 1.807) is 38.6 Å². The molecule has 9 rings (SSSR count). The molecule has 4 amide bonds. The Morgan fingerprint density at radius 2 is 0.711 bits per heavy atom. The van der Waals surface area contributed by atoms with Crippen LogP contribution in [0, 0.1) is 0 Å². The van der Waals surface area contributed by atoms with E-state index in [4.69, 9.17) is 17.7 Å². The molecule has 8 aromatic heterocycles. The Balaban J connectivity index is 0.00000420. The molecular weight excluding hydrogens is 1080 g/mol. The van der Waals surface area contributed by atoms with Gasteiger partial charge in [0, 0.05) is 51.0 Å². The van der Waals surface area contributed by atoms with Crippen molar-refractivity contribution >= 4 is 23.6 Å². The number of fused-ring (bicyclic) bond motifs is 8. The van der Waals surface area contributed by atoms with Crippen LogP contribution in [0.2, 0.25) is 0 Å². The van der Waals surface area contributed by atoms with Crippen molar-refractivity contribution < 1.29 is 75.8 Å². The smallest absolute Gasteiger partial charge is 0.446 e. The monoisotopic (exact) mass is 1130 g/mol. The Morgan fingerprint density at radius 3 is 1.01 bits per heavy atom. The van der Waals surface area contributed by atoms with Crippen LogP contribution in [0.25, 0.3) is 0 Å². The van der Waals surface area contributed by atoms with Gasteiger partial charge in [-0.25, -0.2) is 19.9 Å². The average molecular weight is 1130 g/mol. The molecule has 0 unspecified atom stereocenters. The SMILES string of the molecule is C[C@@H]1NC(=O)c2coc(n2)[C@H](CCCN(Cc2ccccn2)Cc2ccccn2)NC(=O)c2coc(n2)[C@H](C)NC(=O)c2coc(n2)[C@H](CCCN(Cc2ccccn2)Cc2ccccn2)NC(=O)c2coc1n2.[Zn+2].[Zn+2]. The van der Waals surface area contributed by atoms with Gasteiger partial charge >= 0.3 is 39.0 Å². The van der Waals surface area contributed by atoms with Crippen molar-refractivity contribution in [3.63, 3.8) is 0 Å². The molecule has 4 atom stereocenters. The van der Waals surface area contributed by atoms with Gasteiger partial charge in [0.1, 0.15) is 49.2 Å². The maximum Gasteiger partial charge on any atom is 2.00 e. The molecule has 4 N–H and O–H groups in total. The molecule has 0 saturated carbocycles. The standard InChI is InChI=1S/C52H54N14O8.2Zn/c1-33-49-61-43(29-71-49)47(69)59-40(18-12-24-66(27-37-15-5-9-21-55-37)28-38-16-6-10-22-56-38)52-64-42(32-74-52)46(68)58-34(2)50-62-44(30-72-50)48(70)60-39(51-63-41(31-73-51)45(67)57-33)17-11-23-65(25-35-13-3-7-19-53-35)26-36-14-4-8-20-54-36;;/h3-10,13-16,19-22,29-34,39-40H,11-12,17-18,23-28H2,1-2H3,(H,57,67)(H,58,68)(H,59,69)(H,60,70);;/q;2*+2/t33-,34-,39-,40-;;/m0../s1. The summed E-state index contributed by atoms with van der Waals surface area (Å²) < 4.78 is 23.2. The van der Waals surface area contributed by atoms with Gasteiger partial charge in [-0.3, -0.25) is 48.9 Å². The maximum atomic E-state index is 13.9. The van der Waals surface area contributed by atoms with Crippen molar-refractivity contribution in [2.45, 2.75) is 89.9 Å². The number of rotatable bonds is 16. The third-order valence-corrected chi connectivity index (χ3v) is 12.0. The summed E-state index contributed by atoms with van der Waals surface area (Å²) >= 11 is 0. The number of nitrogens with one attached hydrogen (secondary N) is 4. The van der Waals surface area contributed by atoms with Crippen molar-refractivity contribution in [1.82, 2.24) is 70.9 Å². The van der Waals surface area contributed by atoms with Crippen LogP contribution in [0.3, 0.4) is 0 Å². The van der Waals surface area contributed by atoms with Gasteiger partial charge in [0.25, 0.3) is 23.6 Å². The van der Waals surface area contributed by atoms with Crippen molar-refractivity contribution in [3.8, 4) is 0 Å².